The number of hydrogen-bond acceptors (Lipinski definition) is 10. The predicted octanol–water partition coefficient (Wildman–Crippen LogP) is 12.7. The number of esters is 2. The molecule has 0 amide bonds. The van der Waals surface area contributed by atoms with Crippen molar-refractivity contribution in [2.24, 2.45) is 0 Å². The lowest BCUT2D eigenvalue weighted by molar-refractivity contribution is -0.161. The van der Waals surface area contributed by atoms with Crippen molar-refractivity contribution >= 4 is 19.8 Å². The van der Waals surface area contributed by atoms with Crippen LogP contribution < -0.4 is 0 Å². The maximum Gasteiger partial charge on any atom is 0.472 e. The number of carbonyl (C=O) groups excluding carboxylic acids is 2. The molecule has 61 heavy (non-hydrogen) atoms. The van der Waals surface area contributed by atoms with E-state index in [1.54, 1.807) is 0 Å². The molecule has 0 aromatic carbocycles. The molecule has 352 valence electrons. The first-order valence-corrected chi connectivity index (χ1v) is 25.5. The van der Waals surface area contributed by atoms with E-state index in [2.05, 4.69) is 41.5 Å². The van der Waals surface area contributed by atoms with Crippen LogP contribution in [0.3, 0.4) is 0 Å². The van der Waals surface area contributed by atoms with Crippen LogP contribution in [0.25, 0.3) is 0 Å². The van der Waals surface area contributed by atoms with E-state index in [1.807, 2.05) is 19.0 Å². The quantitative estimate of drug-likeness (QED) is 0.0392. The largest absolute Gasteiger partial charge is 0.472 e. The van der Waals surface area contributed by atoms with Gasteiger partial charge in [-0.05, 0) is 103 Å². The van der Waals surface area contributed by atoms with Gasteiger partial charge in [0.1, 0.15) is 29.6 Å². The maximum absolute atomic E-state index is 12.8. The molecule has 0 radical (unpaired) electrons. The Hall–Kier alpha value is -2.43. The molecule has 0 saturated heterocycles. The van der Waals surface area contributed by atoms with Crippen LogP contribution in [0.2, 0.25) is 0 Å². The zero-order valence-corrected chi connectivity index (χ0v) is 40.7. The van der Waals surface area contributed by atoms with Crippen LogP contribution in [0.1, 0.15) is 200 Å². The lowest BCUT2D eigenvalue weighted by Gasteiger charge is -2.20. The number of rotatable bonds is 38. The lowest BCUT2D eigenvalue weighted by atomic mass is 10.0. The van der Waals surface area contributed by atoms with Crippen LogP contribution in [-0.4, -0.2) is 68.3 Å². The second-order valence-corrected chi connectivity index (χ2v) is 18.9. The number of likely N-dealkylation sites (N-methyl/N-ethyl adjacent to an activating group) is 1. The molecule has 0 aliphatic rings. The van der Waals surface area contributed by atoms with Crippen LogP contribution in [0.15, 0.2) is 8.83 Å². The fourth-order valence-electron chi connectivity index (χ4n) is 7.56. The summed E-state index contributed by atoms with van der Waals surface area (Å²) in [6, 6.07) is 0. The summed E-state index contributed by atoms with van der Waals surface area (Å²) in [7, 11) is -0.746. The van der Waals surface area contributed by atoms with Crippen molar-refractivity contribution in [2.75, 3.05) is 40.5 Å². The van der Waals surface area contributed by atoms with Gasteiger partial charge in [0.15, 0.2) is 6.10 Å². The Morgan fingerprint density at radius 2 is 0.967 bits per heavy atom. The summed E-state index contributed by atoms with van der Waals surface area (Å²) < 4.78 is 46.0. The number of phosphoric acid groups is 1. The molecular weight excluding hydrogens is 794 g/mol. The third kappa shape index (κ3) is 24.3. The summed E-state index contributed by atoms with van der Waals surface area (Å²) in [4.78, 5) is 37.3. The Bertz CT molecular complexity index is 1530. The van der Waals surface area contributed by atoms with Crippen LogP contribution >= 0.6 is 7.82 Å². The summed E-state index contributed by atoms with van der Waals surface area (Å²) in [6.45, 7) is 12.9. The van der Waals surface area contributed by atoms with Crippen LogP contribution in [0.4, 0.5) is 0 Å². The first kappa shape index (κ1) is 54.7. The van der Waals surface area contributed by atoms with E-state index in [9.17, 15) is 19.0 Å². The minimum Gasteiger partial charge on any atom is -0.466 e. The van der Waals surface area contributed by atoms with Gasteiger partial charge >= 0.3 is 19.8 Å². The van der Waals surface area contributed by atoms with E-state index in [0.29, 0.717) is 13.0 Å². The fourth-order valence-corrected chi connectivity index (χ4v) is 8.30. The van der Waals surface area contributed by atoms with Crippen molar-refractivity contribution in [3.63, 3.8) is 0 Å². The van der Waals surface area contributed by atoms with E-state index < -0.39 is 26.5 Å². The Morgan fingerprint density at radius 3 is 1.41 bits per heavy atom. The van der Waals surface area contributed by atoms with Gasteiger partial charge in [-0.25, -0.2) is 4.57 Å². The number of ether oxygens (including phenoxy) is 2. The Balaban J connectivity index is 1.61. The molecule has 11 nitrogen and oxygen atoms in total. The highest BCUT2D eigenvalue weighted by molar-refractivity contribution is 7.47. The van der Waals surface area contributed by atoms with Crippen LogP contribution in [-0.2, 0) is 58.4 Å². The minimum absolute atomic E-state index is 0.00503. The van der Waals surface area contributed by atoms with Crippen molar-refractivity contribution in [3.8, 4) is 0 Å². The molecule has 0 fully saturated rings. The van der Waals surface area contributed by atoms with Crippen molar-refractivity contribution < 1.29 is 46.4 Å². The monoisotopic (exact) mass is 880 g/mol. The molecule has 1 N–H and O–H groups in total. The van der Waals surface area contributed by atoms with Gasteiger partial charge in [-0.1, -0.05) is 104 Å². The van der Waals surface area contributed by atoms with Gasteiger partial charge in [-0.15, -0.1) is 0 Å². The number of hydrogen-bond donors (Lipinski definition) is 1. The summed E-state index contributed by atoms with van der Waals surface area (Å²) >= 11 is 0. The Kier molecular flexibility index (Phi) is 28.9. The predicted molar refractivity (Wildman–Crippen MR) is 245 cm³/mol. The summed E-state index contributed by atoms with van der Waals surface area (Å²) in [5.41, 5.74) is 5.27. The molecule has 2 heterocycles. The minimum atomic E-state index is -4.39. The Labute approximate surface area is 370 Å². The van der Waals surface area contributed by atoms with E-state index >= 15 is 0 Å². The molecule has 0 aliphatic heterocycles. The number of carbonyl (C=O) groups is 2. The van der Waals surface area contributed by atoms with Crippen molar-refractivity contribution in [1.29, 1.82) is 0 Å². The van der Waals surface area contributed by atoms with Crippen LogP contribution in [0.5, 0.6) is 0 Å². The number of unbranched alkanes of at least 4 members (excludes halogenated alkanes) is 16. The number of phosphoric ester groups is 1. The highest BCUT2D eigenvalue weighted by Crippen LogP contribution is 2.43. The molecule has 2 aromatic heterocycles. The van der Waals surface area contributed by atoms with Gasteiger partial charge < -0.3 is 28.1 Å². The number of aryl methyl sites for hydroxylation is 4. The fraction of sp³-hybridized carbons (Fsp3) is 0.796. The molecule has 1 unspecified atom stereocenters. The van der Waals surface area contributed by atoms with Gasteiger partial charge in [0.25, 0.3) is 0 Å². The van der Waals surface area contributed by atoms with Crippen LogP contribution in [0, 0.1) is 27.7 Å². The normalized spacial score (nSPS) is 13.2. The van der Waals surface area contributed by atoms with Crippen molar-refractivity contribution in [2.45, 2.75) is 215 Å². The molecule has 0 aliphatic carbocycles. The van der Waals surface area contributed by atoms with Gasteiger partial charge in [-0.2, -0.15) is 0 Å². The second-order valence-electron chi connectivity index (χ2n) is 17.5. The second kappa shape index (κ2) is 32.3. The lowest BCUT2D eigenvalue weighted by Crippen LogP contribution is -2.29. The summed E-state index contributed by atoms with van der Waals surface area (Å²) in [5, 5.41) is 0. The zero-order valence-electron chi connectivity index (χ0n) is 39.8. The number of furan rings is 2. The molecule has 2 aromatic rings. The molecule has 0 bridgehead atoms. The van der Waals surface area contributed by atoms with Gasteiger partial charge in [0.05, 0.1) is 13.2 Å². The third-order valence-corrected chi connectivity index (χ3v) is 12.8. The summed E-state index contributed by atoms with van der Waals surface area (Å²) in [5.74, 6) is 3.77. The van der Waals surface area contributed by atoms with E-state index in [-0.39, 0.29) is 32.0 Å². The van der Waals surface area contributed by atoms with E-state index in [4.69, 9.17) is 27.4 Å². The molecular formula is C49H86NO10P. The zero-order chi connectivity index (χ0) is 44.9. The Morgan fingerprint density at radius 1 is 0.557 bits per heavy atom. The highest BCUT2D eigenvalue weighted by atomic mass is 31.2. The third-order valence-electron chi connectivity index (χ3n) is 11.8. The van der Waals surface area contributed by atoms with Crippen molar-refractivity contribution in [1.82, 2.24) is 4.90 Å². The topological polar surface area (TPSA) is 138 Å². The van der Waals surface area contributed by atoms with Gasteiger partial charge in [-0.3, -0.25) is 18.6 Å². The van der Waals surface area contributed by atoms with E-state index in [1.165, 1.54) is 91.6 Å². The average molecular weight is 880 g/mol. The molecule has 0 spiro atoms. The maximum atomic E-state index is 12.8. The van der Waals surface area contributed by atoms with E-state index in [0.717, 1.165) is 101 Å². The standard InChI is InChI=1S/C49H86NO10P/c1-9-11-24-30-45-41(5)42(6)47(60-45)32-25-20-16-14-12-13-15-17-22-27-33-48(51)55-37-43(38-57-61(53,54)56-36-35-50(7)8)58-49(52)34-28-23-19-18-21-26-31-46-40(4)39(3)44(59-46)29-10-2/h43H,9-38H2,1-8H3,(H,53,54)/t43-/m1/s1. The first-order chi connectivity index (χ1) is 29.3. The van der Waals surface area contributed by atoms with Crippen molar-refractivity contribution in [3.05, 3.63) is 45.3 Å². The molecule has 2 atom stereocenters. The van der Waals surface area contributed by atoms with Gasteiger partial charge in [0.2, 0.25) is 0 Å². The highest BCUT2D eigenvalue weighted by Gasteiger charge is 2.26. The SMILES string of the molecule is CCCCCc1oc(CCCCCCCCCCCCC(=O)OC[C@H](COP(=O)(O)OCCN(C)C)OC(=O)CCCCCCCCc2oc(CCC)c(C)c2C)c(C)c1C. The molecule has 2 rings (SSSR count). The smallest absolute Gasteiger partial charge is 0.466 e. The molecule has 0 saturated carbocycles. The first-order valence-electron chi connectivity index (χ1n) is 24.0. The van der Waals surface area contributed by atoms with Gasteiger partial charge in [0, 0.05) is 45.1 Å². The average Bonchev–Trinajstić information content (AvgIpc) is 3.64. The number of nitrogens with zero attached hydrogens (tertiary/aromatic N) is 1. The summed E-state index contributed by atoms with van der Waals surface area (Å²) in [6.07, 6.45) is 25.3. The molecule has 12 heteroatoms.